The number of nitrogens with zero attached hydrogens (tertiary/aromatic N) is 2. The van der Waals surface area contributed by atoms with E-state index in [2.05, 4.69) is 27.3 Å². The van der Waals surface area contributed by atoms with Gasteiger partial charge >= 0.3 is 5.97 Å². The number of esters is 1. The Bertz CT molecular complexity index is 2230. The molecule has 5 heterocycles. The van der Waals surface area contributed by atoms with E-state index >= 15 is 0 Å². The second-order valence-electron chi connectivity index (χ2n) is 15.7. The molecule has 11 nitrogen and oxygen atoms in total. The third kappa shape index (κ3) is 8.46. The molecule has 1 aromatic heterocycles. The largest absolute Gasteiger partial charge is 0.506 e. The second-order valence-corrected chi connectivity index (χ2v) is 15.7. The van der Waals surface area contributed by atoms with Crippen molar-refractivity contribution in [3.8, 4) is 11.5 Å². The quantitative estimate of drug-likeness (QED) is 0.0903. The summed E-state index contributed by atoms with van der Waals surface area (Å²) in [6.45, 7) is 5.29. The number of benzene rings is 4. The number of hydrogen-bond acceptors (Lipinski definition) is 9. The van der Waals surface area contributed by atoms with E-state index in [0.29, 0.717) is 79.3 Å². The van der Waals surface area contributed by atoms with Crippen LogP contribution < -0.4 is 15.6 Å². The summed E-state index contributed by atoms with van der Waals surface area (Å²) >= 11 is 0. The van der Waals surface area contributed by atoms with Crippen LogP contribution in [0.2, 0.25) is 0 Å². The molecule has 4 aliphatic rings. The molecule has 5 aromatic rings. The van der Waals surface area contributed by atoms with Gasteiger partial charge in [0.15, 0.2) is 0 Å². The van der Waals surface area contributed by atoms with Gasteiger partial charge in [0.1, 0.15) is 24.2 Å². The summed E-state index contributed by atoms with van der Waals surface area (Å²) < 4.78 is 12.4. The van der Waals surface area contributed by atoms with E-state index < -0.39 is 11.5 Å². The van der Waals surface area contributed by atoms with Crippen molar-refractivity contribution >= 4 is 22.8 Å². The van der Waals surface area contributed by atoms with Crippen LogP contribution in [0.15, 0.2) is 108 Å². The van der Waals surface area contributed by atoms with Gasteiger partial charge in [-0.2, -0.15) is 0 Å². The molecule has 4 saturated heterocycles. The number of aromatic nitrogens is 1. The molecule has 11 heteroatoms. The number of fused-ring (bicyclic) bond motifs is 4. The summed E-state index contributed by atoms with van der Waals surface area (Å²) in [4.78, 5) is 46.2. The normalized spacial score (nSPS) is 20.6. The highest BCUT2D eigenvalue weighted by atomic mass is 16.5. The number of carbonyl (C=O) groups excluding carboxylic acids is 2. The zero-order chi connectivity index (χ0) is 39.4. The summed E-state index contributed by atoms with van der Waals surface area (Å²) in [7, 11) is 0. The van der Waals surface area contributed by atoms with Crippen molar-refractivity contribution in [1.82, 2.24) is 20.1 Å². The van der Waals surface area contributed by atoms with Crippen LogP contribution in [0.3, 0.4) is 0 Å². The van der Waals surface area contributed by atoms with Crippen molar-refractivity contribution in [1.29, 1.82) is 0 Å². The van der Waals surface area contributed by atoms with Crippen LogP contribution in [0.1, 0.15) is 64.4 Å². The molecule has 1 amide bonds. The lowest BCUT2D eigenvalue weighted by Crippen LogP contribution is -2.55. The number of likely N-dealkylation sites (tertiary alicyclic amines) is 1. The van der Waals surface area contributed by atoms with Crippen LogP contribution in [-0.4, -0.2) is 88.8 Å². The average molecular weight is 771 g/mol. The lowest BCUT2D eigenvalue weighted by molar-refractivity contribution is -0.167. The fraction of sp³-hybridized carbons (Fsp3) is 0.370. The van der Waals surface area contributed by atoms with Crippen LogP contribution in [-0.2, 0) is 28.0 Å². The first kappa shape index (κ1) is 38.4. The third-order valence-electron chi connectivity index (χ3n) is 12.2. The number of aromatic amines is 1. The first-order valence-electron chi connectivity index (χ1n) is 20.1. The number of aromatic hydroxyl groups is 1. The van der Waals surface area contributed by atoms with Crippen molar-refractivity contribution in [3.05, 3.63) is 141 Å². The minimum absolute atomic E-state index is 0.0360. The van der Waals surface area contributed by atoms with Crippen molar-refractivity contribution in [2.45, 2.75) is 56.3 Å². The summed E-state index contributed by atoms with van der Waals surface area (Å²) in [5.74, 6) is 0.864. The number of rotatable bonds is 13. The van der Waals surface area contributed by atoms with E-state index in [-0.39, 0.29) is 29.3 Å². The van der Waals surface area contributed by atoms with Crippen molar-refractivity contribution in [3.63, 3.8) is 0 Å². The van der Waals surface area contributed by atoms with E-state index in [4.69, 9.17) is 9.47 Å². The van der Waals surface area contributed by atoms with Gasteiger partial charge in [-0.15, -0.1) is 0 Å². The number of carbonyl (C=O) groups is 2. The molecular weight excluding hydrogens is 721 g/mol. The Hall–Kier alpha value is -5.49. The molecule has 4 aliphatic heterocycles. The molecular formula is C46H50N4O7. The standard InChI is InChI=1S/C46H50N4O7/c51-39-16-14-37(38-15-17-42(53)48-43(38)39)40(52)28-47-23-18-31-6-8-32(9-7-31)30-56-36-12-10-34(11-13-36)44(54)50-26-21-46(22-27-50,35-4-2-1-3-5-35)45(55)57-41-29-49-24-19-33(41)20-25-49/h1-17,33,40-41,47,51-52H,18-30H2,(H,48,53). The number of ether oxygens (including phenoxy) is 2. The van der Waals surface area contributed by atoms with Gasteiger partial charge in [-0.25, -0.2) is 0 Å². The summed E-state index contributed by atoms with van der Waals surface area (Å²) in [5, 5.41) is 24.8. The zero-order valence-corrected chi connectivity index (χ0v) is 32.1. The van der Waals surface area contributed by atoms with Gasteiger partial charge < -0.3 is 34.9 Å². The van der Waals surface area contributed by atoms with Gasteiger partial charge in [0.2, 0.25) is 5.56 Å². The van der Waals surface area contributed by atoms with Crippen molar-refractivity contribution in [2.75, 3.05) is 45.8 Å². The number of pyridine rings is 1. The van der Waals surface area contributed by atoms with E-state index in [9.17, 15) is 24.6 Å². The van der Waals surface area contributed by atoms with Gasteiger partial charge in [0.05, 0.1) is 17.0 Å². The monoisotopic (exact) mass is 770 g/mol. The number of phenols is 1. The number of hydrogen-bond donors (Lipinski definition) is 4. The van der Waals surface area contributed by atoms with Gasteiger partial charge in [0.25, 0.3) is 5.91 Å². The Labute approximate surface area is 332 Å². The number of phenolic OH excluding ortho intramolecular Hbond substituents is 1. The minimum Gasteiger partial charge on any atom is -0.506 e. The smallest absolute Gasteiger partial charge is 0.317 e. The third-order valence-corrected chi connectivity index (χ3v) is 12.2. The van der Waals surface area contributed by atoms with Crippen LogP contribution in [0, 0.1) is 5.92 Å². The number of aliphatic hydroxyl groups excluding tert-OH is 1. The van der Waals surface area contributed by atoms with Gasteiger partial charge in [-0.3, -0.25) is 19.3 Å². The maximum atomic E-state index is 14.0. The Balaban J connectivity index is 0.796. The molecule has 0 aliphatic carbocycles. The molecule has 296 valence electrons. The molecule has 57 heavy (non-hydrogen) atoms. The second kappa shape index (κ2) is 16.9. The maximum absolute atomic E-state index is 14.0. The fourth-order valence-corrected chi connectivity index (χ4v) is 8.73. The number of H-pyrrole nitrogens is 1. The predicted octanol–water partition coefficient (Wildman–Crippen LogP) is 5.49. The van der Waals surface area contributed by atoms with Gasteiger partial charge in [0, 0.05) is 43.2 Å². The van der Waals surface area contributed by atoms with E-state index in [0.717, 1.165) is 55.6 Å². The van der Waals surface area contributed by atoms with Crippen LogP contribution in [0.25, 0.3) is 10.9 Å². The highest BCUT2D eigenvalue weighted by Crippen LogP contribution is 2.39. The molecule has 2 bridgehead atoms. The minimum atomic E-state index is -0.812. The lowest BCUT2D eigenvalue weighted by Gasteiger charge is -2.46. The Kier molecular flexibility index (Phi) is 11.4. The molecule has 0 spiro atoms. The summed E-state index contributed by atoms with van der Waals surface area (Å²) in [6, 6.07) is 31.5. The molecule has 4 aromatic carbocycles. The Morgan fingerprint density at radius 1 is 0.860 bits per heavy atom. The molecule has 4 fully saturated rings. The number of amides is 1. The molecule has 4 N–H and O–H groups in total. The van der Waals surface area contributed by atoms with Crippen molar-refractivity contribution in [2.24, 2.45) is 5.92 Å². The zero-order valence-electron chi connectivity index (χ0n) is 32.1. The summed E-state index contributed by atoms with van der Waals surface area (Å²) in [5.41, 5.74) is 3.57. The Morgan fingerprint density at radius 2 is 1.58 bits per heavy atom. The van der Waals surface area contributed by atoms with Gasteiger partial charge in [-0.1, -0.05) is 60.7 Å². The predicted molar refractivity (Wildman–Crippen MR) is 217 cm³/mol. The number of aliphatic hydroxyl groups is 1. The maximum Gasteiger partial charge on any atom is 0.317 e. The molecule has 0 radical (unpaired) electrons. The molecule has 2 atom stereocenters. The highest BCUT2D eigenvalue weighted by Gasteiger charge is 2.47. The topological polar surface area (TPSA) is 144 Å². The summed E-state index contributed by atoms with van der Waals surface area (Å²) in [6.07, 6.45) is 3.10. The van der Waals surface area contributed by atoms with Gasteiger partial charge in [-0.05, 0) is 116 Å². The van der Waals surface area contributed by atoms with E-state index in [1.807, 2.05) is 59.5 Å². The van der Waals surface area contributed by atoms with Crippen molar-refractivity contribution < 1.29 is 29.3 Å². The SMILES string of the molecule is O=C(c1ccc(OCc2ccc(CCNCC(O)c3ccc(O)c4[nH]c(=O)ccc34)cc2)cc1)N1CCC(C(=O)OC2CN3CCC2CC3)(c2ccccc2)CC1. The van der Waals surface area contributed by atoms with E-state index in [1.54, 1.807) is 24.3 Å². The Morgan fingerprint density at radius 3 is 2.28 bits per heavy atom. The fourth-order valence-electron chi connectivity index (χ4n) is 8.73. The highest BCUT2D eigenvalue weighted by molar-refractivity contribution is 5.95. The first-order valence-corrected chi connectivity index (χ1v) is 20.1. The van der Waals surface area contributed by atoms with Crippen LogP contribution >= 0.6 is 0 Å². The molecule has 2 unspecified atom stereocenters. The lowest BCUT2D eigenvalue weighted by atomic mass is 9.72. The molecule has 9 rings (SSSR count). The molecule has 0 saturated carbocycles. The number of nitrogens with one attached hydrogen (secondary N) is 2. The number of piperidine rings is 4. The van der Waals surface area contributed by atoms with E-state index in [1.165, 1.54) is 12.1 Å². The van der Waals surface area contributed by atoms with Crippen LogP contribution in [0.4, 0.5) is 0 Å². The first-order chi connectivity index (χ1) is 27.8. The van der Waals surface area contributed by atoms with Crippen LogP contribution in [0.5, 0.6) is 11.5 Å². The average Bonchev–Trinajstić information content (AvgIpc) is 3.25.